The summed E-state index contributed by atoms with van der Waals surface area (Å²) in [4.78, 5) is 30.1. The molecule has 1 saturated heterocycles. The molecule has 1 atom stereocenters. The minimum atomic E-state index is -0.246. The van der Waals surface area contributed by atoms with Crippen LogP contribution in [-0.2, 0) is 13.7 Å². The molecule has 3 heterocycles. The van der Waals surface area contributed by atoms with Crippen molar-refractivity contribution in [2.45, 2.75) is 13.0 Å². The summed E-state index contributed by atoms with van der Waals surface area (Å²) in [6.45, 7) is 1.94. The largest absolute Gasteiger partial charge is 0.390 e. The van der Waals surface area contributed by atoms with E-state index in [0.29, 0.717) is 23.9 Å². The predicted molar refractivity (Wildman–Crippen MR) is 92.3 cm³/mol. The van der Waals surface area contributed by atoms with Crippen molar-refractivity contribution in [2.24, 2.45) is 13.0 Å². The number of carbonyl (C=O) groups is 1. The lowest BCUT2D eigenvalue weighted by Crippen LogP contribution is -2.32. The van der Waals surface area contributed by atoms with Gasteiger partial charge in [-0.3, -0.25) is 9.59 Å². The normalized spacial score (nSPS) is 16.9. The van der Waals surface area contributed by atoms with Crippen LogP contribution in [0.15, 0.2) is 35.3 Å². The molecule has 1 aliphatic heterocycles. The fourth-order valence-electron chi connectivity index (χ4n) is 2.89. The van der Waals surface area contributed by atoms with Crippen molar-refractivity contribution in [3.63, 3.8) is 0 Å². The molecule has 0 spiro atoms. The Labute approximate surface area is 145 Å². The summed E-state index contributed by atoms with van der Waals surface area (Å²) in [5.41, 5.74) is 1.45. The zero-order valence-electron chi connectivity index (χ0n) is 14.1. The first-order valence-electron chi connectivity index (χ1n) is 8.20. The molecular formula is C17H21N5O3. The number of rotatable bonds is 5. The number of nitrogens with zero attached hydrogens (tertiary/aromatic N) is 4. The van der Waals surface area contributed by atoms with E-state index in [1.807, 2.05) is 0 Å². The van der Waals surface area contributed by atoms with Gasteiger partial charge in [0.05, 0.1) is 24.2 Å². The Kier molecular flexibility index (Phi) is 5.08. The van der Waals surface area contributed by atoms with E-state index in [1.165, 1.54) is 4.68 Å². The maximum Gasteiger partial charge on any atom is 0.269 e. The second-order valence-electron chi connectivity index (χ2n) is 6.16. The van der Waals surface area contributed by atoms with Crippen LogP contribution in [-0.4, -0.2) is 45.4 Å². The van der Waals surface area contributed by atoms with Crippen LogP contribution < -0.4 is 15.8 Å². The summed E-state index contributed by atoms with van der Waals surface area (Å²) in [7, 11) is 1.62. The van der Waals surface area contributed by atoms with Crippen LogP contribution in [0.4, 0.5) is 5.69 Å². The first-order valence-corrected chi connectivity index (χ1v) is 8.20. The number of aromatic nitrogens is 3. The van der Waals surface area contributed by atoms with E-state index in [0.717, 1.165) is 25.2 Å². The quantitative estimate of drug-likeness (QED) is 0.788. The Morgan fingerprint density at radius 1 is 1.44 bits per heavy atom. The van der Waals surface area contributed by atoms with Gasteiger partial charge in [0.1, 0.15) is 5.69 Å². The summed E-state index contributed by atoms with van der Waals surface area (Å²) in [6, 6.07) is 6.58. The maximum absolute atomic E-state index is 12.2. The third-order valence-corrected chi connectivity index (χ3v) is 4.36. The van der Waals surface area contributed by atoms with Crippen LogP contribution in [0, 0.1) is 5.92 Å². The summed E-state index contributed by atoms with van der Waals surface area (Å²) in [5.74, 6) is 0.0537. The van der Waals surface area contributed by atoms with E-state index in [2.05, 4.69) is 20.3 Å². The van der Waals surface area contributed by atoms with Crippen LogP contribution >= 0.6 is 0 Å². The van der Waals surface area contributed by atoms with Gasteiger partial charge in [-0.05, 0) is 24.5 Å². The molecule has 1 fully saturated rings. The predicted octanol–water partition coefficient (Wildman–Crippen LogP) is -0.0761. The molecule has 0 aromatic carbocycles. The van der Waals surface area contributed by atoms with E-state index < -0.39 is 0 Å². The van der Waals surface area contributed by atoms with Crippen molar-refractivity contribution in [3.05, 3.63) is 52.2 Å². The Hall–Kier alpha value is -2.74. The summed E-state index contributed by atoms with van der Waals surface area (Å²) in [6.07, 6.45) is 2.62. The van der Waals surface area contributed by atoms with Crippen molar-refractivity contribution in [2.75, 3.05) is 24.5 Å². The fourth-order valence-corrected chi connectivity index (χ4v) is 2.89. The van der Waals surface area contributed by atoms with Gasteiger partial charge in [0, 0.05) is 32.7 Å². The molecule has 3 rings (SSSR count). The molecule has 8 nitrogen and oxygen atoms in total. The molecule has 0 bridgehead atoms. The number of anilines is 1. The zero-order chi connectivity index (χ0) is 17.8. The molecular weight excluding hydrogens is 322 g/mol. The second-order valence-corrected chi connectivity index (χ2v) is 6.16. The molecule has 0 radical (unpaired) electrons. The van der Waals surface area contributed by atoms with Crippen molar-refractivity contribution >= 4 is 11.6 Å². The van der Waals surface area contributed by atoms with Crippen molar-refractivity contribution < 1.29 is 9.90 Å². The van der Waals surface area contributed by atoms with Gasteiger partial charge in [0.15, 0.2) is 0 Å². The number of hydrogen-bond acceptors (Lipinski definition) is 6. The average molecular weight is 343 g/mol. The highest BCUT2D eigenvalue weighted by Gasteiger charge is 2.24. The number of aliphatic hydroxyl groups excluding tert-OH is 1. The van der Waals surface area contributed by atoms with Crippen LogP contribution in [0.5, 0.6) is 0 Å². The number of aliphatic hydroxyl groups is 1. The van der Waals surface area contributed by atoms with Gasteiger partial charge in [-0.15, -0.1) is 0 Å². The van der Waals surface area contributed by atoms with Gasteiger partial charge in [0.2, 0.25) is 0 Å². The second kappa shape index (κ2) is 7.43. The third-order valence-electron chi connectivity index (χ3n) is 4.36. The highest BCUT2D eigenvalue weighted by molar-refractivity contribution is 5.92. The molecule has 0 aliphatic carbocycles. The zero-order valence-corrected chi connectivity index (χ0v) is 14.1. The van der Waals surface area contributed by atoms with E-state index in [4.69, 9.17) is 5.11 Å². The van der Waals surface area contributed by atoms with Crippen molar-refractivity contribution in [1.82, 2.24) is 20.1 Å². The molecule has 2 aromatic rings. The van der Waals surface area contributed by atoms with Gasteiger partial charge in [-0.25, -0.2) is 9.67 Å². The highest BCUT2D eigenvalue weighted by atomic mass is 16.3. The van der Waals surface area contributed by atoms with E-state index in [9.17, 15) is 9.59 Å². The van der Waals surface area contributed by atoms with E-state index in [-0.39, 0.29) is 18.1 Å². The Morgan fingerprint density at radius 2 is 2.28 bits per heavy atom. The van der Waals surface area contributed by atoms with Crippen molar-refractivity contribution in [3.8, 4) is 0 Å². The number of hydrogen-bond donors (Lipinski definition) is 2. The first-order chi connectivity index (χ1) is 12.1. The number of nitrogens with one attached hydrogen (secondary N) is 1. The van der Waals surface area contributed by atoms with Crippen molar-refractivity contribution in [1.29, 1.82) is 0 Å². The maximum atomic E-state index is 12.2. The Bertz CT molecular complexity index is 820. The van der Waals surface area contributed by atoms with Gasteiger partial charge < -0.3 is 15.3 Å². The smallest absolute Gasteiger partial charge is 0.269 e. The Balaban J connectivity index is 1.55. The minimum absolute atomic E-state index is 0.135. The standard InChI is InChI=1S/C17H21N5O3/c1-21-16(24)7-14(9-19-21)22-6-5-12(10-22)8-18-17(25)15-4-2-3-13(11-23)20-15/h2-4,7,9,12,23H,5-6,8,10-11H2,1H3,(H,18,25)/t12-/m0/s1. The molecule has 0 unspecified atom stereocenters. The van der Waals surface area contributed by atoms with E-state index in [1.54, 1.807) is 37.5 Å². The topological polar surface area (TPSA) is 100 Å². The number of pyridine rings is 1. The van der Waals surface area contributed by atoms with Gasteiger partial charge in [0.25, 0.3) is 11.5 Å². The average Bonchev–Trinajstić information content (AvgIpc) is 3.11. The van der Waals surface area contributed by atoms with Crippen LogP contribution in [0.25, 0.3) is 0 Å². The summed E-state index contributed by atoms with van der Waals surface area (Å²) in [5, 5.41) is 16.0. The van der Waals surface area contributed by atoms with E-state index >= 15 is 0 Å². The molecule has 2 N–H and O–H groups in total. The molecule has 132 valence electrons. The van der Waals surface area contributed by atoms with Crippen LogP contribution in [0.2, 0.25) is 0 Å². The highest BCUT2D eigenvalue weighted by Crippen LogP contribution is 2.21. The molecule has 1 aliphatic rings. The minimum Gasteiger partial charge on any atom is -0.390 e. The molecule has 25 heavy (non-hydrogen) atoms. The SMILES string of the molecule is Cn1ncc(N2CC[C@@H](CNC(=O)c3cccc(CO)n3)C2)cc1=O. The molecule has 1 amide bonds. The lowest BCUT2D eigenvalue weighted by Gasteiger charge is -2.18. The van der Waals surface area contributed by atoms with Crippen LogP contribution in [0.1, 0.15) is 22.6 Å². The monoisotopic (exact) mass is 343 g/mol. The number of amides is 1. The third kappa shape index (κ3) is 4.03. The number of aryl methyl sites for hydroxylation is 1. The lowest BCUT2D eigenvalue weighted by molar-refractivity contribution is 0.0942. The summed E-state index contributed by atoms with van der Waals surface area (Å²) < 4.78 is 1.30. The molecule has 0 saturated carbocycles. The lowest BCUT2D eigenvalue weighted by atomic mass is 10.1. The van der Waals surface area contributed by atoms with Gasteiger partial charge >= 0.3 is 0 Å². The van der Waals surface area contributed by atoms with Gasteiger partial charge in [-0.1, -0.05) is 6.07 Å². The molecule has 8 heteroatoms. The first kappa shape index (κ1) is 17.1. The van der Waals surface area contributed by atoms with Crippen LogP contribution in [0.3, 0.4) is 0 Å². The fraction of sp³-hybridized carbons (Fsp3) is 0.412. The molecule has 2 aromatic heterocycles. The van der Waals surface area contributed by atoms with Gasteiger partial charge in [-0.2, -0.15) is 5.10 Å². The Morgan fingerprint density at radius 3 is 3.04 bits per heavy atom. The summed E-state index contributed by atoms with van der Waals surface area (Å²) >= 11 is 0. The number of carbonyl (C=O) groups excluding carboxylic acids is 1.